The highest BCUT2D eigenvalue weighted by atomic mass is 16.5. The molecule has 0 aliphatic carbocycles. The molecule has 190 valence electrons. The second kappa shape index (κ2) is 9.81. The third-order valence-electron chi connectivity index (χ3n) is 6.84. The van der Waals surface area contributed by atoms with Crippen LogP contribution in [0, 0.1) is 5.92 Å². The van der Waals surface area contributed by atoms with Gasteiger partial charge in [-0.15, -0.1) is 0 Å². The lowest BCUT2D eigenvalue weighted by Crippen LogP contribution is -2.49. The number of carboxylic acids is 1. The Balaban J connectivity index is 1.33. The quantitative estimate of drug-likeness (QED) is 0.550. The van der Waals surface area contributed by atoms with Gasteiger partial charge in [-0.05, 0) is 54.3 Å². The van der Waals surface area contributed by atoms with Gasteiger partial charge in [-0.2, -0.15) is 0 Å². The highest BCUT2D eigenvalue weighted by Crippen LogP contribution is 2.36. The average molecular weight is 502 g/mol. The summed E-state index contributed by atoms with van der Waals surface area (Å²) in [7, 11) is 1.50. The number of urea groups is 1. The van der Waals surface area contributed by atoms with Gasteiger partial charge in [-0.3, -0.25) is 9.59 Å². The van der Waals surface area contributed by atoms with Crippen LogP contribution in [0.2, 0.25) is 0 Å². The predicted molar refractivity (Wildman–Crippen MR) is 134 cm³/mol. The fourth-order valence-electron chi connectivity index (χ4n) is 5.19. The van der Waals surface area contributed by atoms with E-state index in [0.717, 1.165) is 12.1 Å². The molecule has 10 nitrogen and oxygen atoms in total. The zero-order valence-corrected chi connectivity index (χ0v) is 20.1. The maximum Gasteiger partial charge on any atom is 0.323 e. The van der Waals surface area contributed by atoms with Crippen molar-refractivity contribution in [3.63, 3.8) is 0 Å². The zero-order valence-electron chi connectivity index (χ0n) is 20.1. The SMILES string of the molecule is COc1ccccc1NC(=O)Nc1ccc2n(c1=O)C[C@H]1C[C@@H]2CN(C(=O)c2cccc(C(=O)[O-])c2)C1. The van der Waals surface area contributed by atoms with E-state index >= 15 is 0 Å². The summed E-state index contributed by atoms with van der Waals surface area (Å²) >= 11 is 0. The van der Waals surface area contributed by atoms with E-state index in [1.807, 2.05) is 6.07 Å². The first-order valence-corrected chi connectivity index (χ1v) is 11.9. The molecule has 37 heavy (non-hydrogen) atoms. The summed E-state index contributed by atoms with van der Waals surface area (Å²) in [6.07, 6.45) is 0.837. The van der Waals surface area contributed by atoms with Crippen molar-refractivity contribution in [1.29, 1.82) is 0 Å². The number of carbonyl (C=O) groups is 3. The van der Waals surface area contributed by atoms with Crippen molar-refractivity contribution in [2.45, 2.75) is 18.9 Å². The largest absolute Gasteiger partial charge is 0.545 e. The number of para-hydroxylation sites is 2. The third kappa shape index (κ3) is 4.77. The van der Waals surface area contributed by atoms with Gasteiger partial charge >= 0.3 is 6.03 Å². The Morgan fingerprint density at radius 2 is 1.68 bits per heavy atom. The number of rotatable bonds is 5. The van der Waals surface area contributed by atoms with Gasteiger partial charge in [0.2, 0.25) is 0 Å². The third-order valence-corrected chi connectivity index (χ3v) is 6.84. The number of ether oxygens (including phenoxy) is 1. The molecule has 2 aliphatic heterocycles. The Morgan fingerprint density at radius 1 is 0.919 bits per heavy atom. The van der Waals surface area contributed by atoms with Crippen LogP contribution in [0.1, 0.15) is 38.7 Å². The number of anilines is 2. The van der Waals surface area contributed by atoms with Crippen molar-refractivity contribution < 1.29 is 24.2 Å². The first-order valence-electron chi connectivity index (χ1n) is 11.9. The number of carboxylic acid groups (broad SMARTS) is 1. The molecule has 1 fully saturated rings. The lowest BCUT2D eigenvalue weighted by molar-refractivity contribution is -0.255. The van der Waals surface area contributed by atoms with Crippen molar-refractivity contribution in [3.05, 3.63) is 87.8 Å². The van der Waals surface area contributed by atoms with Gasteiger partial charge < -0.3 is 34.7 Å². The van der Waals surface area contributed by atoms with Crippen molar-refractivity contribution in [1.82, 2.24) is 9.47 Å². The Hall–Kier alpha value is -4.60. The van der Waals surface area contributed by atoms with Crippen LogP contribution in [-0.4, -0.2) is 47.6 Å². The summed E-state index contributed by atoms with van der Waals surface area (Å²) in [5.41, 5.74) is 1.38. The molecule has 2 aliphatic rings. The van der Waals surface area contributed by atoms with Crippen LogP contribution in [0.25, 0.3) is 0 Å². The normalized spacial score (nSPS) is 17.9. The number of benzene rings is 2. The van der Waals surface area contributed by atoms with Gasteiger partial charge in [-0.25, -0.2) is 4.79 Å². The van der Waals surface area contributed by atoms with E-state index in [-0.39, 0.29) is 34.6 Å². The van der Waals surface area contributed by atoms with Crippen molar-refractivity contribution in [2.24, 2.45) is 5.92 Å². The highest BCUT2D eigenvalue weighted by Gasteiger charge is 2.37. The zero-order chi connectivity index (χ0) is 26.1. The number of hydrogen-bond donors (Lipinski definition) is 2. The van der Waals surface area contributed by atoms with E-state index < -0.39 is 12.0 Å². The molecule has 2 aromatic carbocycles. The van der Waals surface area contributed by atoms with Gasteiger partial charge in [0.25, 0.3) is 11.5 Å². The number of aromatic carboxylic acids is 1. The van der Waals surface area contributed by atoms with E-state index in [2.05, 4.69) is 10.6 Å². The number of likely N-dealkylation sites (tertiary alicyclic amines) is 1. The molecule has 10 heteroatoms. The Kier molecular flexibility index (Phi) is 6.39. The van der Waals surface area contributed by atoms with Crippen LogP contribution in [-0.2, 0) is 6.54 Å². The van der Waals surface area contributed by atoms with Crippen LogP contribution in [0.3, 0.4) is 0 Å². The van der Waals surface area contributed by atoms with Gasteiger partial charge in [0, 0.05) is 36.8 Å². The molecular formula is C27H25N4O6-. The average Bonchev–Trinajstić information content (AvgIpc) is 2.90. The second-order valence-electron chi connectivity index (χ2n) is 9.24. The first-order chi connectivity index (χ1) is 17.8. The van der Waals surface area contributed by atoms with Crippen LogP contribution < -0.4 is 26.0 Å². The summed E-state index contributed by atoms with van der Waals surface area (Å²) < 4.78 is 6.92. The molecule has 5 rings (SSSR count). The lowest BCUT2D eigenvalue weighted by Gasteiger charge is -2.43. The smallest absolute Gasteiger partial charge is 0.323 e. The second-order valence-corrected chi connectivity index (χ2v) is 9.24. The number of amides is 3. The number of fused-ring (bicyclic) bond motifs is 4. The standard InChI is InChI=1S/C27H26N4O6/c1-37-23-8-3-2-7-20(23)28-27(36)29-21-9-10-22-19-11-16(14-31(22)25(21)33)13-30(15-19)24(32)17-5-4-6-18(12-17)26(34)35/h2-10,12,16,19H,11,13-15H2,1H3,(H,34,35)(H2,28,29,36)/p-1/t16-,19+/m0/s1. The molecule has 0 spiro atoms. The number of nitrogens with zero attached hydrogens (tertiary/aromatic N) is 2. The Labute approximate surface area is 212 Å². The number of methoxy groups -OCH3 is 1. The molecule has 3 heterocycles. The molecule has 0 unspecified atom stereocenters. The highest BCUT2D eigenvalue weighted by molar-refractivity contribution is 6.00. The molecule has 1 aromatic heterocycles. The summed E-state index contributed by atoms with van der Waals surface area (Å²) in [4.78, 5) is 51.9. The maximum atomic E-state index is 13.2. The first kappa shape index (κ1) is 24.1. The molecule has 3 aromatic rings. The number of hydrogen-bond acceptors (Lipinski definition) is 6. The lowest BCUT2D eigenvalue weighted by atomic mass is 9.83. The molecular weight excluding hydrogens is 476 g/mol. The predicted octanol–water partition coefficient (Wildman–Crippen LogP) is 2.12. The molecule has 2 bridgehead atoms. The van der Waals surface area contributed by atoms with Crippen LogP contribution in [0.15, 0.2) is 65.5 Å². The van der Waals surface area contributed by atoms with Gasteiger partial charge in [0.05, 0.1) is 18.8 Å². The summed E-state index contributed by atoms with van der Waals surface area (Å²) in [6, 6.07) is 15.6. The molecule has 3 amide bonds. The molecule has 0 radical (unpaired) electrons. The van der Waals surface area contributed by atoms with E-state index in [1.54, 1.807) is 45.9 Å². The van der Waals surface area contributed by atoms with Crippen molar-refractivity contribution in [2.75, 3.05) is 30.8 Å². The van der Waals surface area contributed by atoms with Crippen molar-refractivity contribution >= 4 is 29.3 Å². The number of nitrogens with one attached hydrogen (secondary N) is 2. The fraction of sp³-hybridized carbons (Fsp3) is 0.259. The maximum absolute atomic E-state index is 13.2. The van der Waals surface area contributed by atoms with E-state index in [1.165, 1.54) is 25.3 Å². The molecule has 2 N–H and O–H groups in total. The van der Waals surface area contributed by atoms with E-state index in [9.17, 15) is 24.3 Å². The summed E-state index contributed by atoms with van der Waals surface area (Å²) in [6.45, 7) is 1.27. The minimum absolute atomic E-state index is 0.0465. The Morgan fingerprint density at radius 3 is 2.46 bits per heavy atom. The molecule has 0 saturated carbocycles. The summed E-state index contributed by atoms with van der Waals surface area (Å²) in [5, 5.41) is 16.5. The topological polar surface area (TPSA) is 133 Å². The van der Waals surface area contributed by atoms with Crippen LogP contribution in [0.4, 0.5) is 16.2 Å². The summed E-state index contributed by atoms with van der Waals surface area (Å²) in [5.74, 6) is -1.09. The number of piperidine rings is 1. The number of pyridine rings is 1. The number of carbonyl (C=O) groups excluding carboxylic acids is 3. The van der Waals surface area contributed by atoms with Gasteiger partial charge in [-0.1, -0.05) is 24.3 Å². The minimum Gasteiger partial charge on any atom is -0.545 e. The van der Waals surface area contributed by atoms with Gasteiger partial charge in [0.15, 0.2) is 0 Å². The monoisotopic (exact) mass is 501 g/mol. The minimum atomic E-state index is -1.33. The Bertz CT molecular complexity index is 1450. The van der Waals surface area contributed by atoms with E-state index in [4.69, 9.17) is 4.74 Å². The van der Waals surface area contributed by atoms with Crippen LogP contribution in [0.5, 0.6) is 5.75 Å². The fourth-order valence-corrected chi connectivity index (χ4v) is 5.19. The number of aromatic nitrogens is 1. The van der Waals surface area contributed by atoms with Gasteiger partial charge in [0.1, 0.15) is 11.4 Å². The van der Waals surface area contributed by atoms with Crippen LogP contribution >= 0.6 is 0 Å². The molecule has 1 saturated heterocycles. The van der Waals surface area contributed by atoms with Crippen molar-refractivity contribution in [3.8, 4) is 5.75 Å². The molecule has 2 atom stereocenters. The van der Waals surface area contributed by atoms with E-state index in [0.29, 0.717) is 36.6 Å².